The molecule has 138 valence electrons. The summed E-state index contributed by atoms with van der Waals surface area (Å²) in [4.78, 5) is 12.9. The van der Waals surface area contributed by atoms with Crippen LogP contribution in [0.5, 0.6) is 0 Å². The van der Waals surface area contributed by atoms with Crippen molar-refractivity contribution in [3.63, 3.8) is 0 Å². The van der Waals surface area contributed by atoms with Crippen LogP contribution in [-0.4, -0.2) is 11.9 Å². The first-order chi connectivity index (χ1) is 13.1. The maximum atomic E-state index is 12.9. The van der Waals surface area contributed by atoms with Crippen molar-refractivity contribution < 1.29 is 4.79 Å². The first kappa shape index (κ1) is 18.9. The van der Waals surface area contributed by atoms with Gasteiger partial charge in [-0.25, -0.2) is 0 Å². The van der Waals surface area contributed by atoms with E-state index in [1.165, 1.54) is 5.56 Å². The normalized spacial score (nSPS) is 13.1. The highest BCUT2D eigenvalue weighted by molar-refractivity contribution is 5.82. The molecule has 0 radical (unpaired) electrons. The van der Waals surface area contributed by atoms with Gasteiger partial charge in [0.25, 0.3) is 0 Å². The Hall–Kier alpha value is -2.91. The van der Waals surface area contributed by atoms with Gasteiger partial charge in [0.1, 0.15) is 0 Å². The average molecular weight is 358 g/mol. The van der Waals surface area contributed by atoms with Crippen molar-refractivity contribution in [2.45, 2.75) is 32.0 Å². The van der Waals surface area contributed by atoms with Crippen molar-refractivity contribution in [2.24, 2.45) is 0 Å². The molecule has 3 aromatic carbocycles. The SMILES string of the molecule is CC(NC(C)c1ccccc1)C(=O)NC(c1ccccc1)c1ccccc1. The predicted molar refractivity (Wildman–Crippen MR) is 110 cm³/mol. The van der Waals surface area contributed by atoms with E-state index in [9.17, 15) is 4.79 Å². The summed E-state index contributed by atoms with van der Waals surface area (Å²) in [5.41, 5.74) is 3.31. The Bertz CT molecular complexity index is 795. The summed E-state index contributed by atoms with van der Waals surface area (Å²) >= 11 is 0. The van der Waals surface area contributed by atoms with E-state index in [2.05, 4.69) is 29.7 Å². The Kier molecular flexibility index (Phi) is 6.39. The summed E-state index contributed by atoms with van der Waals surface area (Å²) in [5.74, 6) is -0.0181. The molecule has 0 spiro atoms. The fourth-order valence-electron chi connectivity index (χ4n) is 3.21. The van der Waals surface area contributed by atoms with Crippen LogP contribution in [0.2, 0.25) is 0 Å². The Morgan fingerprint density at radius 1 is 0.667 bits per heavy atom. The molecule has 2 unspecified atom stereocenters. The lowest BCUT2D eigenvalue weighted by molar-refractivity contribution is -0.123. The molecule has 3 nitrogen and oxygen atoms in total. The molecule has 2 N–H and O–H groups in total. The van der Waals surface area contributed by atoms with Crippen molar-refractivity contribution in [2.75, 3.05) is 0 Å². The van der Waals surface area contributed by atoms with Gasteiger partial charge in [-0.05, 0) is 30.5 Å². The van der Waals surface area contributed by atoms with Crippen LogP contribution in [0.25, 0.3) is 0 Å². The zero-order chi connectivity index (χ0) is 19.1. The van der Waals surface area contributed by atoms with Gasteiger partial charge in [-0.15, -0.1) is 0 Å². The lowest BCUT2D eigenvalue weighted by Crippen LogP contribution is -2.44. The Labute approximate surface area is 161 Å². The third-order valence-electron chi connectivity index (χ3n) is 4.75. The number of amides is 1. The summed E-state index contributed by atoms with van der Waals surface area (Å²) in [5, 5.41) is 6.60. The van der Waals surface area contributed by atoms with Crippen LogP contribution < -0.4 is 10.6 Å². The van der Waals surface area contributed by atoms with Crippen molar-refractivity contribution in [1.29, 1.82) is 0 Å². The maximum absolute atomic E-state index is 12.9. The first-order valence-electron chi connectivity index (χ1n) is 9.36. The fourth-order valence-corrected chi connectivity index (χ4v) is 3.21. The molecule has 0 fully saturated rings. The topological polar surface area (TPSA) is 41.1 Å². The molecule has 3 heteroatoms. The minimum absolute atomic E-state index is 0.0181. The lowest BCUT2D eigenvalue weighted by atomic mass is 9.98. The van der Waals surface area contributed by atoms with Crippen LogP contribution in [0, 0.1) is 0 Å². The minimum Gasteiger partial charge on any atom is -0.344 e. The van der Waals surface area contributed by atoms with Gasteiger partial charge in [0.2, 0.25) is 5.91 Å². The molecule has 3 aromatic rings. The molecule has 27 heavy (non-hydrogen) atoms. The van der Waals surface area contributed by atoms with E-state index in [1.54, 1.807) is 0 Å². The number of hydrogen-bond acceptors (Lipinski definition) is 2. The van der Waals surface area contributed by atoms with Crippen LogP contribution in [0.3, 0.4) is 0 Å². The molecular formula is C24H26N2O. The Balaban J connectivity index is 1.72. The average Bonchev–Trinajstić information content (AvgIpc) is 2.73. The molecule has 0 aliphatic carbocycles. The van der Waals surface area contributed by atoms with Crippen LogP contribution in [0.15, 0.2) is 91.0 Å². The number of hydrogen-bond donors (Lipinski definition) is 2. The van der Waals surface area contributed by atoms with E-state index in [4.69, 9.17) is 0 Å². The van der Waals surface area contributed by atoms with Gasteiger partial charge in [-0.1, -0.05) is 91.0 Å². The van der Waals surface area contributed by atoms with Crippen molar-refractivity contribution in [1.82, 2.24) is 10.6 Å². The van der Waals surface area contributed by atoms with Crippen LogP contribution in [0.4, 0.5) is 0 Å². The highest BCUT2D eigenvalue weighted by Crippen LogP contribution is 2.22. The van der Waals surface area contributed by atoms with Crippen LogP contribution >= 0.6 is 0 Å². The van der Waals surface area contributed by atoms with Crippen molar-refractivity contribution in [3.05, 3.63) is 108 Å². The van der Waals surface area contributed by atoms with E-state index in [0.29, 0.717) is 0 Å². The molecule has 2 atom stereocenters. The summed E-state index contributed by atoms with van der Waals surface area (Å²) in [6, 6.07) is 29.9. The Morgan fingerprint density at radius 2 is 1.07 bits per heavy atom. The standard InChI is InChI=1S/C24H26N2O/c1-18(20-12-6-3-7-13-20)25-19(2)24(27)26-23(21-14-8-4-9-15-21)22-16-10-5-11-17-22/h3-19,23,25H,1-2H3,(H,26,27). The van der Waals surface area contributed by atoms with E-state index >= 15 is 0 Å². The van der Waals surface area contributed by atoms with E-state index in [0.717, 1.165) is 11.1 Å². The van der Waals surface area contributed by atoms with Gasteiger partial charge in [-0.2, -0.15) is 0 Å². The van der Waals surface area contributed by atoms with Gasteiger partial charge in [0, 0.05) is 6.04 Å². The lowest BCUT2D eigenvalue weighted by Gasteiger charge is -2.24. The third-order valence-corrected chi connectivity index (χ3v) is 4.75. The second kappa shape index (κ2) is 9.15. The third kappa shape index (κ3) is 5.05. The summed E-state index contributed by atoms with van der Waals surface area (Å²) in [6.07, 6.45) is 0. The quantitative estimate of drug-likeness (QED) is 0.646. The van der Waals surface area contributed by atoms with Gasteiger partial charge in [0.15, 0.2) is 0 Å². The van der Waals surface area contributed by atoms with E-state index in [-0.39, 0.29) is 24.0 Å². The fraction of sp³-hybridized carbons (Fsp3) is 0.208. The zero-order valence-corrected chi connectivity index (χ0v) is 15.8. The van der Waals surface area contributed by atoms with Crippen LogP contribution in [-0.2, 0) is 4.79 Å². The number of benzene rings is 3. The highest BCUT2D eigenvalue weighted by atomic mass is 16.2. The molecule has 0 aromatic heterocycles. The number of nitrogens with one attached hydrogen (secondary N) is 2. The number of carbonyl (C=O) groups is 1. The molecule has 0 aliphatic heterocycles. The first-order valence-corrected chi connectivity index (χ1v) is 9.36. The Morgan fingerprint density at radius 3 is 1.52 bits per heavy atom. The second-order valence-electron chi connectivity index (χ2n) is 6.78. The second-order valence-corrected chi connectivity index (χ2v) is 6.78. The van der Waals surface area contributed by atoms with Crippen LogP contribution in [0.1, 0.15) is 42.6 Å². The summed E-state index contributed by atoms with van der Waals surface area (Å²) in [6.45, 7) is 3.98. The van der Waals surface area contributed by atoms with Crippen molar-refractivity contribution >= 4 is 5.91 Å². The monoisotopic (exact) mass is 358 g/mol. The molecule has 0 saturated heterocycles. The largest absolute Gasteiger partial charge is 0.344 e. The number of rotatable bonds is 7. The molecule has 0 aliphatic rings. The smallest absolute Gasteiger partial charge is 0.237 e. The number of carbonyl (C=O) groups excluding carboxylic acids is 1. The molecule has 0 heterocycles. The van der Waals surface area contributed by atoms with Crippen molar-refractivity contribution in [3.8, 4) is 0 Å². The molecule has 1 amide bonds. The summed E-state index contributed by atoms with van der Waals surface area (Å²) in [7, 11) is 0. The highest BCUT2D eigenvalue weighted by Gasteiger charge is 2.21. The zero-order valence-electron chi connectivity index (χ0n) is 15.8. The van der Waals surface area contributed by atoms with Gasteiger partial charge < -0.3 is 5.32 Å². The van der Waals surface area contributed by atoms with Gasteiger partial charge >= 0.3 is 0 Å². The molecule has 0 saturated carbocycles. The van der Waals surface area contributed by atoms with E-state index in [1.807, 2.05) is 85.8 Å². The predicted octanol–water partition coefficient (Wildman–Crippen LogP) is 4.63. The van der Waals surface area contributed by atoms with Gasteiger partial charge in [-0.3, -0.25) is 10.1 Å². The molecule has 0 bridgehead atoms. The van der Waals surface area contributed by atoms with E-state index < -0.39 is 0 Å². The molecular weight excluding hydrogens is 332 g/mol. The summed E-state index contributed by atoms with van der Waals surface area (Å²) < 4.78 is 0. The molecule has 3 rings (SSSR count). The maximum Gasteiger partial charge on any atom is 0.237 e. The van der Waals surface area contributed by atoms with Gasteiger partial charge in [0.05, 0.1) is 12.1 Å². The minimum atomic E-state index is -0.310.